The van der Waals surface area contributed by atoms with E-state index in [1.165, 1.54) is 19.3 Å². The Balaban J connectivity index is 1.61. The van der Waals surface area contributed by atoms with Crippen LogP contribution in [0.5, 0.6) is 0 Å². The van der Waals surface area contributed by atoms with Gasteiger partial charge in [-0.25, -0.2) is 0 Å². The number of nitrogens with one attached hydrogen (secondary N) is 2. The zero-order valence-electron chi connectivity index (χ0n) is 18.1. The second-order valence-corrected chi connectivity index (χ2v) is 9.14. The Kier molecular flexibility index (Phi) is 7.75. The van der Waals surface area contributed by atoms with E-state index in [-0.39, 0.29) is 23.8 Å². The molecule has 2 heterocycles. The summed E-state index contributed by atoms with van der Waals surface area (Å²) in [5.74, 6) is 1.13. The molecular formula is C22H40N4O2. The second kappa shape index (κ2) is 10.1. The maximum Gasteiger partial charge on any atom is 0.223 e. The van der Waals surface area contributed by atoms with Crippen molar-refractivity contribution < 1.29 is 9.59 Å². The minimum absolute atomic E-state index is 0.134. The summed E-state index contributed by atoms with van der Waals surface area (Å²) < 4.78 is 0. The number of rotatable bonds is 6. The van der Waals surface area contributed by atoms with Crippen molar-refractivity contribution in [1.29, 1.82) is 0 Å². The van der Waals surface area contributed by atoms with Crippen molar-refractivity contribution in [1.82, 2.24) is 20.4 Å². The molecule has 3 rings (SSSR count). The van der Waals surface area contributed by atoms with Crippen LogP contribution in [-0.2, 0) is 9.59 Å². The fourth-order valence-electron chi connectivity index (χ4n) is 5.46. The molecular weight excluding hydrogens is 352 g/mol. The van der Waals surface area contributed by atoms with E-state index in [9.17, 15) is 9.59 Å². The van der Waals surface area contributed by atoms with E-state index in [1.807, 2.05) is 4.90 Å². The van der Waals surface area contributed by atoms with Gasteiger partial charge in [-0.05, 0) is 45.4 Å². The molecule has 2 N–H and O–H groups in total. The van der Waals surface area contributed by atoms with E-state index >= 15 is 0 Å². The number of hydrogen-bond acceptors (Lipinski definition) is 4. The first kappa shape index (κ1) is 21.6. The average molecular weight is 393 g/mol. The maximum atomic E-state index is 13.0. The lowest BCUT2D eigenvalue weighted by Gasteiger charge is -2.51. The van der Waals surface area contributed by atoms with Crippen molar-refractivity contribution >= 4 is 11.8 Å². The second-order valence-electron chi connectivity index (χ2n) is 9.14. The molecule has 5 unspecified atom stereocenters. The van der Waals surface area contributed by atoms with Crippen molar-refractivity contribution in [2.45, 2.75) is 83.8 Å². The van der Waals surface area contributed by atoms with Gasteiger partial charge in [-0.1, -0.05) is 19.8 Å². The molecule has 1 saturated carbocycles. The van der Waals surface area contributed by atoms with Gasteiger partial charge in [0.05, 0.1) is 0 Å². The normalized spacial score (nSPS) is 32.5. The summed E-state index contributed by atoms with van der Waals surface area (Å²) >= 11 is 0. The summed E-state index contributed by atoms with van der Waals surface area (Å²) in [4.78, 5) is 30.2. The monoisotopic (exact) mass is 392 g/mol. The van der Waals surface area contributed by atoms with Gasteiger partial charge in [0, 0.05) is 63.2 Å². The molecule has 0 aromatic heterocycles. The molecule has 3 fully saturated rings. The first-order chi connectivity index (χ1) is 13.5. The van der Waals surface area contributed by atoms with Crippen molar-refractivity contribution in [2.75, 3.05) is 32.7 Å². The maximum absolute atomic E-state index is 13.0. The molecule has 6 nitrogen and oxygen atoms in total. The van der Waals surface area contributed by atoms with Gasteiger partial charge in [-0.15, -0.1) is 0 Å². The standard InChI is InChI=1S/C22H40N4O2/c1-4-16(2)24-22(28)19-15-17(3)26(20-8-6-5-7-18(19)20)12-9-21(27)25-13-10-23-11-14-25/h16-20,23H,4-15H2,1-3H3,(H,24,28). The van der Waals surface area contributed by atoms with Gasteiger partial charge < -0.3 is 15.5 Å². The van der Waals surface area contributed by atoms with Crippen LogP contribution in [0.3, 0.4) is 0 Å². The number of fused-ring (bicyclic) bond motifs is 1. The summed E-state index contributed by atoms with van der Waals surface area (Å²) in [6.07, 6.45) is 7.30. The molecule has 6 heteroatoms. The van der Waals surface area contributed by atoms with Crippen LogP contribution in [0, 0.1) is 11.8 Å². The van der Waals surface area contributed by atoms with Crippen LogP contribution in [0.25, 0.3) is 0 Å². The third-order valence-corrected chi connectivity index (χ3v) is 7.28. The molecule has 5 atom stereocenters. The molecule has 2 amide bonds. The first-order valence-corrected chi connectivity index (χ1v) is 11.6. The highest BCUT2D eigenvalue weighted by Crippen LogP contribution is 2.41. The van der Waals surface area contributed by atoms with Crippen LogP contribution in [0.1, 0.15) is 65.7 Å². The van der Waals surface area contributed by atoms with Crippen molar-refractivity contribution in [3.63, 3.8) is 0 Å². The molecule has 2 aliphatic heterocycles. The number of piperidine rings is 1. The Bertz CT molecular complexity index is 535. The molecule has 28 heavy (non-hydrogen) atoms. The van der Waals surface area contributed by atoms with Gasteiger partial charge in [0.15, 0.2) is 0 Å². The van der Waals surface area contributed by atoms with E-state index in [1.54, 1.807) is 0 Å². The van der Waals surface area contributed by atoms with Crippen LogP contribution in [-0.4, -0.2) is 72.5 Å². The van der Waals surface area contributed by atoms with Crippen LogP contribution >= 0.6 is 0 Å². The average Bonchev–Trinajstić information content (AvgIpc) is 2.72. The predicted octanol–water partition coefficient (Wildman–Crippen LogP) is 1.99. The van der Waals surface area contributed by atoms with E-state index in [2.05, 4.69) is 36.3 Å². The van der Waals surface area contributed by atoms with E-state index in [4.69, 9.17) is 0 Å². The summed E-state index contributed by atoms with van der Waals surface area (Å²) in [5.41, 5.74) is 0. The Morgan fingerprint density at radius 1 is 1.18 bits per heavy atom. The number of hydrogen-bond donors (Lipinski definition) is 2. The number of likely N-dealkylation sites (tertiary alicyclic amines) is 1. The Morgan fingerprint density at radius 3 is 2.61 bits per heavy atom. The topological polar surface area (TPSA) is 64.7 Å². The largest absolute Gasteiger partial charge is 0.353 e. The third kappa shape index (κ3) is 5.07. The zero-order chi connectivity index (χ0) is 20.1. The molecule has 0 aromatic carbocycles. The summed E-state index contributed by atoms with van der Waals surface area (Å²) in [5, 5.41) is 6.55. The molecule has 2 saturated heterocycles. The highest BCUT2D eigenvalue weighted by molar-refractivity contribution is 5.79. The fraction of sp³-hybridized carbons (Fsp3) is 0.909. The molecule has 0 spiro atoms. The Labute approximate surface area is 170 Å². The van der Waals surface area contributed by atoms with Crippen LogP contribution in [0.4, 0.5) is 0 Å². The highest BCUT2D eigenvalue weighted by Gasteiger charge is 2.45. The third-order valence-electron chi connectivity index (χ3n) is 7.28. The quantitative estimate of drug-likeness (QED) is 0.726. The van der Waals surface area contributed by atoms with Gasteiger partial charge in [-0.3, -0.25) is 14.5 Å². The van der Waals surface area contributed by atoms with Gasteiger partial charge in [0.2, 0.25) is 11.8 Å². The van der Waals surface area contributed by atoms with Gasteiger partial charge in [0.25, 0.3) is 0 Å². The lowest BCUT2D eigenvalue weighted by Crippen LogP contribution is -2.58. The highest BCUT2D eigenvalue weighted by atomic mass is 16.2. The number of nitrogens with zero attached hydrogens (tertiary/aromatic N) is 2. The van der Waals surface area contributed by atoms with Gasteiger partial charge in [-0.2, -0.15) is 0 Å². The lowest BCUT2D eigenvalue weighted by atomic mass is 9.69. The zero-order valence-corrected chi connectivity index (χ0v) is 18.1. The summed E-state index contributed by atoms with van der Waals surface area (Å²) in [6.45, 7) is 10.8. The molecule has 0 bridgehead atoms. The van der Waals surface area contributed by atoms with Gasteiger partial charge in [0.1, 0.15) is 0 Å². The van der Waals surface area contributed by atoms with Crippen LogP contribution < -0.4 is 10.6 Å². The summed E-state index contributed by atoms with van der Waals surface area (Å²) in [7, 11) is 0. The molecule has 160 valence electrons. The van der Waals surface area contributed by atoms with Crippen molar-refractivity contribution in [2.24, 2.45) is 11.8 Å². The fourth-order valence-corrected chi connectivity index (χ4v) is 5.46. The van der Waals surface area contributed by atoms with E-state index in [0.29, 0.717) is 24.4 Å². The number of piperazine rings is 1. The van der Waals surface area contributed by atoms with Crippen molar-refractivity contribution in [3.8, 4) is 0 Å². The van der Waals surface area contributed by atoms with Gasteiger partial charge >= 0.3 is 0 Å². The molecule has 3 aliphatic rings. The molecule has 0 aromatic rings. The van der Waals surface area contributed by atoms with E-state index in [0.717, 1.165) is 52.0 Å². The lowest BCUT2D eigenvalue weighted by molar-refractivity contribution is -0.137. The first-order valence-electron chi connectivity index (χ1n) is 11.6. The van der Waals surface area contributed by atoms with E-state index < -0.39 is 0 Å². The smallest absolute Gasteiger partial charge is 0.223 e. The number of carbonyl (C=O) groups excluding carboxylic acids is 2. The van der Waals surface area contributed by atoms with Crippen LogP contribution in [0.2, 0.25) is 0 Å². The Hall–Kier alpha value is -1.14. The molecule has 0 radical (unpaired) electrons. The number of amides is 2. The minimum Gasteiger partial charge on any atom is -0.353 e. The predicted molar refractivity (Wildman–Crippen MR) is 112 cm³/mol. The SMILES string of the molecule is CCC(C)NC(=O)C1CC(C)N(CCC(=O)N2CCNCC2)C2CCCCC12. The van der Waals surface area contributed by atoms with Crippen molar-refractivity contribution in [3.05, 3.63) is 0 Å². The molecule has 1 aliphatic carbocycles. The summed E-state index contributed by atoms with van der Waals surface area (Å²) in [6, 6.07) is 1.07. The van der Waals surface area contributed by atoms with Crippen LogP contribution in [0.15, 0.2) is 0 Å². The number of carbonyl (C=O) groups is 2. The minimum atomic E-state index is 0.134. The Morgan fingerprint density at radius 2 is 1.89 bits per heavy atom.